The van der Waals surface area contributed by atoms with E-state index in [9.17, 15) is 8.42 Å². The summed E-state index contributed by atoms with van der Waals surface area (Å²) in [5.74, 6) is 0. The lowest BCUT2D eigenvalue weighted by Gasteiger charge is -2.25. The van der Waals surface area contributed by atoms with Crippen molar-refractivity contribution in [2.75, 3.05) is 12.8 Å². The average Bonchev–Trinajstić information content (AvgIpc) is 2.13. The predicted molar refractivity (Wildman–Crippen MR) is 75.7 cm³/mol. The van der Waals surface area contributed by atoms with Gasteiger partial charge in [0.2, 0.25) is 10.0 Å². The Bertz CT molecular complexity index is 503. The highest BCUT2D eigenvalue weighted by Crippen LogP contribution is 2.09. The smallest absolute Gasteiger partial charge is 0.209 e. The largest absolute Gasteiger partial charge is 0.311 e. The summed E-state index contributed by atoms with van der Waals surface area (Å²) in [7, 11) is -3.19. The Morgan fingerprint density at radius 2 is 2.06 bits per heavy atom. The van der Waals surface area contributed by atoms with E-state index in [4.69, 9.17) is 0 Å². The molecule has 0 unspecified atom stereocenters. The van der Waals surface area contributed by atoms with Gasteiger partial charge in [-0.05, 0) is 41.4 Å². The number of aromatic nitrogens is 1. The van der Waals surface area contributed by atoms with Crippen LogP contribution in [0.25, 0.3) is 0 Å². The molecule has 0 aliphatic rings. The van der Waals surface area contributed by atoms with Gasteiger partial charge in [-0.2, -0.15) is 0 Å². The fraction of sp³-hybridized carbons (Fsp3) is 0.545. The van der Waals surface area contributed by atoms with Gasteiger partial charge in [-0.25, -0.2) is 13.1 Å². The molecule has 0 radical (unpaired) electrons. The molecule has 0 spiro atoms. The fourth-order valence-electron chi connectivity index (χ4n) is 1.61. The molecule has 2 N–H and O–H groups in total. The molecule has 1 aromatic heterocycles. The highest BCUT2D eigenvalue weighted by Gasteiger charge is 2.21. The van der Waals surface area contributed by atoms with Crippen LogP contribution in [0.1, 0.15) is 19.4 Å². The molecule has 0 bridgehead atoms. The van der Waals surface area contributed by atoms with Crippen LogP contribution in [0.2, 0.25) is 0 Å². The number of pyridine rings is 1. The van der Waals surface area contributed by atoms with E-state index >= 15 is 0 Å². The molecule has 0 saturated carbocycles. The van der Waals surface area contributed by atoms with E-state index < -0.39 is 15.6 Å². The number of sulfonamides is 1. The molecule has 0 aliphatic carbocycles. The van der Waals surface area contributed by atoms with Crippen LogP contribution in [0.3, 0.4) is 0 Å². The summed E-state index contributed by atoms with van der Waals surface area (Å²) in [6.45, 7) is 4.84. The summed E-state index contributed by atoms with van der Waals surface area (Å²) in [6.07, 6.45) is 4.65. The van der Waals surface area contributed by atoms with E-state index in [0.29, 0.717) is 13.1 Å². The van der Waals surface area contributed by atoms with Crippen molar-refractivity contribution in [2.24, 2.45) is 0 Å². The summed E-state index contributed by atoms with van der Waals surface area (Å²) in [5, 5.41) is 3.20. The first kappa shape index (κ1) is 15.6. The molecule has 0 saturated heterocycles. The maximum Gasteiger partial charge on any atom is 0.209 e. The van der Waals surface area contributed by atoms with Crippen molar-refractivity contribution in [1.82, 2.24) is 15.0 Å². The van der Waals surface area contributed by atoms with Crippen LogP contribution in [0.5, 0.6) is 0 Å². The Kier molecular flexibility index (Phi) is 5.27. The molecule has 0 amide bonds. The first-order valence-electron chi connectivity index (χ1n) is 5.47. The minimum absolute atomic E-state index is 0.521. The summed E-state index contributed by atoms with van der Waals surface area (Å²) in [6, 6.07) is 1.97. The van der Waals surface area contributed by atoms with Crippen LogP contribution in [-0.2, 0) is 16.6 Å². The third-order valence-electron chi connectivity index (χ3n) is 2.12. The molecule has 1 heterocycles. The number of halogens is 1. The van der Waals surface area contributed by atoms with Gasteiger partial charge >= 0.3 is 0 Å². The molecule has 0 aliphatic heterocycles. The Morgan fingerprint density at radius 1 is 1.39 bits per heavy atom. The maximum absolute atomic E-state index is 11.2. The van der Waals surface area contributed by atoms with Crippen LogP contribution >= 0.6 is 15.9 Å². The minimum atomic E-state index is -3.19. The second kappa shape index (κ2) is 6.10. The number of hydrogen-bond acceptors (Lipinski definition) is 4. The van der Waals surface area contributed by atoms with Crippen LogP contribution in [-0.4, -0.2) is 31.7 Å². The summed E-state index contributed by atoms with van der Waals surface area (Å²) >= 11 is 3.35. The highest BCUT2D eigenvalue weighted by molar-refractivity contribution is 9.10. The van der Waals surface area contributed by atoms with Crippen molar-refractivity contribution in [2.45, 2.75) is 25.9 Å². The van der Waals surface area contributed by atoms with Gasteiger partial charge < -0.3 is 5.32 Å². The van der Waals surface area contributed by atoms with Crippen molar-refractivity contribution in [3.05, 3.63) is 28.5 Å². The van der Waals surface area contributed by atoms with Gasteiger partial charge in [-0.3, -0.25) is 4.98 Å². The zero-order chi connectivity index (χ0) is 13.8. The monoisotopic (exact) mass is 335 g/mol. The topological polar surface area (TPSA) is 71.1 Å². The molecular weight excluding hydrogens is 318 g/mol. The Balaban J connectivity index is 2.46. The molecular formula is C11H18BrN3O2S. The van der Waals surface area contributed by atoms with Gasteiger partial charge in [0.25, 0.3) is 0 Å². The molecule has 1 aromatic rings. The van der Waals surface area contributed by atoms with Crippen LogP contribution in [0.4, 0.5) is 0 Å². The highest BCUT2D eigenvalue weighted by atomic mass is 79.9. The van der Waals surface area contributed by atoms with E-state index in [1.807, 2.05) is 19.9 Å². The first-order valence-corrected chi connectivity index (χ1v) is 8.15. The number of nitrogens with one attached hydrogen (secondary N) is 2. The molecule has 102 valence electrons. The normalized spacial score (nSPS) is 12.7. The summed E-state index contributed by atoms with van der Waals surface area (Å²) in [4.78, 5) is 4.06. The predicted octanol–water partition coefficient (Wildman–Crippen LogP) is 1.26. The lowest BCUT2D eigenvalue weighted by molar-refractivity contribution is 0.421. The number of rotatable bonds is 6. The van der Waals surface area contributed by atoms with Gasteiger partial charge in [0.05, 0.1) is 6.26 Å². The van der Waals surface area contributed by atoms with Crippen molar-refractivity contribution in [3.8, 4) is 0 Å². The quantitative estimate of drug-likeness (QED) is 0.821. The SMILES string of the molecule is CC(C)(CNCc1cncc(Br)c1)NS(C)(=O)=O. The third-order valence-corrected chi connectivity index (χ3v) is 3.48. The van der Waals surface area contributed by atoms with E-state index in [1.165, 1.54) is 0 Å². The van der Waals surface area contributed by atoms with Crippen molar-refractivity contribution in [1.29, 1.82) is 0 Å². The van der Waals surface area contributed by atoms with Crippen LogP contribution in [0, 0.1) is 0 Å². The van der Waals surface area contributed by atoms with Gasteiger partial charge in [-0.15, -0.1) is 0 Å². The van der Waals surface area contributed by atoms with Crippen LogP contribution in [0.15, 0.2) is 22.9 Å². The van der Waals surface area contributed by atoms with Gasteiger partial charge in [0, 0.05) is 35.5 Å². The number of nitrogens with zero attached hydrogens (tertiary/aromatic N) is 1. The lowest BCUT2D eigenvalue weighted by Crippen LogP contribution is -2.49. The molecule has 1 rings (SSSR count). The van der Waals surface area contributed by atoms with Crippen molar-refractivity contribution >= 4 is 26.0 Å². The van der Waals surface area contributed by atoms with E-state index in [0.717, 1.165) is 16.3 Å². The van der Waals surface area contributed by atoms with Gasteiger partial charge in [0.15, 0.2) is 0 Å². The second-order valence-electron chi connectivity index (χ2n) is 4.87. The van der Waals surface area contributed by atoms with Crippen molar-refractivity contribution in [3.63, 3.8) is 0 Å². The minimum Gasteiger partial charge on any atom is -0.311 e. The Hall–Kier alpha value is -0.500. The average molecular weight is 336 g/mol. The lowest BCUT2D eigenvalue weighted by atomic mass is 10.1. The second-order valence-corrected chi connectivity index (χ2v) is 7.54. The standard InChI is InChI=1S/C11H18BrN3O2S/c1-11(2,15-18(3,16)17)8-14-6-9-4-10(12)7-13-5-9/h4-5,7,14-15H,6,8H2,1-3H3. The summed E-state index contributed by atoms with van der Waals surface area (Å²) < 4.78 is 25.8. The third kappa shape index (κ3) is 6.44. The van der Waals surface area contributed by atoms with Crippen LogP contribution < -0.4 is 10.0 Å². The Labute approximate surface area is 117 Å². The Morgan fingerprint density at radius 3 is 2.61 bits per heavy atom. The molecule has 7 heteroatoms. The first-order chi connectivity index (χ1) is 8.18. The van der Waals surface area contributed by atoms with Gasteiger partial charge in [-0.1, -0.05) is 0 Å². The zero-order valence-electron chi connectivity index (χ0n) is 10.7. The van der Waals surface area contributed by atoms with E-state index in [2.05, 4.69) is 31.0 Å². The maximum atomic E-state index is 11.2. The summed E-state index contributed by atoms with van der Waals surface area (Å²) in [5.41, 5.74) is 0.520. The molecule has 5 nitrogen and oxygen atoms in total. The fourth-order valence-corrected chi connectivity index (χ4v) is 3.10. The van der Waals surface area contributed by atoms with E-state index in [-0.39, 0.29) is 0 Å². The van der Waals surface area contributed by atoms with E-state index in [1.54, 1.807) is 12.4 Å². The molecule has 0 aromatic carbocycles. The molecule has 0 atom stereocenters. The molecule has 18 heavy (non-hydrogen) atoms. The number of hydrogen-bond donors (Lipinski definition) is 2. The zero-order valence-corrected chi connectivity index (χ0v) is 13.1. The van der Waals surface area contributed by atoms with Crippen molar-refractivity contribution < 1.29 is 8.42 Å². The molecule has 0 fully saturated rings. The van der Waals surface area contributed by atoms with Gasteiger partial charge in [0.1, 0.15) is 0 Å².